The third kappa shape index (κ3) is 4.45. The lowest BCUT2D eigenvalue weighted by atomic mass is 9.96. The van der Waals surface area contributed by atoms with Gasteiger partial charge in [0.25, 0.3) is 0 Å². The molecule has 1 saturated heterocycles. The van der Waals surface area contributed by atoms with E-state index >= 15 is 0 Å². The third-order valence-electron chi connectivity index (χ3n) is 4.83. The zero-order valence-electron chi connectivity index (χ0n) is 13.4. The first-order valence-corrected chi connectivity index (χ1v) is 8.73. The summed E-state index contributed by atoms with van der Waals surface area (Å²) in [5, 5.41) is 0.811. The van der Waals surface area contributed by atoms with Gasteiger partial charge in [0.2, 0.25) is 0 Å². The predicted octanol–water partition coefficient (Wildman–Crippen LogP) is 4.55. The van der Waals surface area contributed by atoms with Crippen LogP contribution in [0.1, 0.15) is 56.2 Å². The number of likely N-dealkylation sites (tertiary alicyclic amines) is 1. The summed E-state index contributed by atoms with van der Waals surface area (Å²) in [5.41, 5.74) is 8.71. The van der Waals surface area contributed by atoms with Gasteiger partial charge in [-0.15, -0.1) is 0 Å². The second-order valence-electron chi connectivity index (χ2n) is 6.37. The van der Waals surface area contributed by atoms with E-state index in [1.54, 1.807) is 0 Å². The maximum atomic E-state index is 6.11. The van der Waals surface area contributed by atoms with Gasteiger partial charge in [-0.05, 0) is 68.5 Å². The minimum atomic E-state index is 0.336. The number of hydrogen-bond donors (Lipinski definition) is 1. The van der Waals surface area contributed by atoms with E-state index in [-0.39, 0.29) is 0 Å². The largest absolute Gasteiger partial charge is 0.329 e. The molecule has 1 aromatic carbocycles. The molecule has 2 atom stereocenters. The molecule has 0 aliphatic carbocycles. The molecule has 2 nitrogen and oxygen atoms in total. The maximum Gasteiger partial charge on any atom is 0.0473 e. The average Bonchev–Trinajstić information content (AvgIpc) is 2.68. The van der Waals surface area contributed by atoms with Crippen molar-refractivity contribution in [3.8, 4) is 0 Å². The Kier molecular flexibility index (Phi) is 6.53. The molecule has 0 amide bonds. The molecule has 0 saturated carbocycles. The van der Waals surface area contributed by atoms with E-state index in [1.165, 1.54) is 56.3 Å². The molecule has 21 heavy (non-hydrogen) atoms. The molecule has 3 heteroatoms. The molecule has 1 fully saturated rings. The Morgan fingerprint density at radius 1 is 1.33 bits per heavy atom. The summed E-state index contributed by atoms with van der Waals surface area (Å²) in [4.78, 5) is 2.59. The molecule has 1 aromatic rings. The topological polar surface area (TPSA) is 29.3 Å². The number of halogens is 1. The van der Waals surface area contributed by atoms with Crippen LogP contribution in [0, 0.1) is 12.8 Å². The van der Waals surface area contributed by atoms with Gasteiger partial charge in [-0.25, -0.2) is 0 Å². The average molecular weight is 309 g/mol. The Morgan fingerprint density at radius 3 is 2.81 bits per heavy atom. The van der Waals surface area contributed by atoms with E-state index in [9.17, 15) is 0 Å². The van der Waals surface area contributed by atoms with Crippen LogP contribution in [-0.4, -0.2) is 24.5 Å². The van der Waals surface area contributed by atoms with Crippen LogP contribution in [0.2, 0.25) is 5.02 Å². The molecule has 0 spiro atoms. The van der Waals surface area contributed by atoms with Gasteiger partial charge in [0.05, 0.1) is 0 Å². The third-order valence-corrected chi connectivity index (χ3v) is 5.07. The molecule has 0 bridgehead atoms. The molecule has 1 heterocycles. The van der Waals surface area contributed by atoms with Crippen molar-refractivity contribution in [3.05, 3.63) is 34.3 Å². The predicted molar refractivity (Wildman–Crippen MR) is 91.8 cm³/mol. The van der Waals surface area contributed by atoms with Crippen molar-refractivity contribution in [1.82, 2.24) is 4.90 Å². The van der Waals surface area contributed by atoms with Crippen molar-refractivity contribution in [2.24, 2.45) is 11.7 Å². The second-order valence-corrected chi connectivity index (χ2v) is 6.81. The summed E-state index contributed by atoms with van der Waals surface area (Å²) in [6, 6.07) is 6.54. The van der Waals surface area contributed by atoms with Crippen LogP contribution in [-0.2, 0) is 0 Å². The quantitative estimate of drug-likeness (QED) is 0.864. The lowest BCUT2D eigenvalue weighted by molar-refractivity contribution is 0.206. The number of nitrogens with zero attached hydrogens (tertiary/aromatic N) is 1. The molecule has 0 radical (unpaired) electrons. The standard InChI is InChI=1S/C18H29ClN2/c1-3-5-15-6-4-10-21(11-9-15)18(13-20)17-8-7-16(19)12-14(17)2/h7-8,12,15,18H,3-6,9-11,13,20H2,1-2H3. The van der Waals surface area contributed by atoms with Crippen LogP contribution in [0.15, 0.2) is 18.2 Å². The van der Waals surface area contributed by atoms with E-state index in [2.05, 4.69) is 30.9 Å². The Balaban J connectivity index is 2.10. The normalized spacial score (nSPS) is 22.0. The SMILES string of the molecule is CCCC1CCCN(C(CN)c2ccc(Cl)cc2C)CC1. The molecular weight excluding hydrogens is 280 g/mol. The second kappa shape index (κ2) is 8.17. The monoisotopic (exact) mass is 308 g/mol. The van der Waals surface area contributed by atoms with Crippen molar-refractivity contribution >= 4 is 11.6 Å². The highest BCUT2D eigenvalue weighted by atomic mass is 35.5. The summed E-state index contributed by atoms with van der Waals surface area (Å²) >= 11 is 6.09. The van der Waals surface area contributed by atoms with Gasteiger partial charge >= 0.3 is 0 Å². The van der Waals surface area contributed by atoms with Gasteiger partial charge in [-0.2, -0.15) is 0 Å². The summed E-state index contributed by atoms with van der Waals surface area (Å²) < 4.78 is 0. The Morgan fingerprint density at radius 2 is 2.14 bits per heavy atom. The number of hydrogen-bond acceptors (Lipinski definition) is 2. The van der Waals surface area contributed by atoms with Crippen molar-refractivity contribution in [2.75, 3.05) is 19.6 Å². The number of nitrogens with two attached hydrogens (primary N) is 1. The zero-order chi connectivity index (χ0) is 15.2. The van der Waals surface area contributed by atoms with Gasteiger partial charge in [0, 0.05) is 17.6 Å². The maximum absolute atomic E-state index is 6.11. The van der Waals surface area contributed by atoms with Crippen LogP contribution >= 0.6 is 11.6 Å². The van der Waals surface area contributed by atoms with E-state index in [1.807, 2.05) is 6.07 Å². The highest BCUT2D eigenvalue weighted by Crippen LogP contribution is 2.30. The van der Waals surface area contributed by atoms with Crippen molar-refractivity contribution in [3.63, 3.8) is 0 Å². The summed E-state index contributed by atoms with van der Waals surface area (Å²) in [7, 11) is 0. The number of rotatable bonds is 5. The summed E-state index contributed by atoms with van der Waals surface area (Å²) in [6.07, 6.45) is 6.67. The Hall–Kier alpha value is -0.570. The number of benzene rings is 1. The van der Waals surface area contributed by atoms with Crippen molar-refractivity contribution < 1.29 is 0 Å². The van der Waals surface area contributed by atoms with Crippen LogP contribution in [0.4, 0.5) is 0 Å². The highest BCUT2D eigenvalue weighted by molar-refractivity contribution is 6.30. The number of aryl methyl sites for hydroxylation is 1. The van der Waals surface area contributed by atoms with E-state index in [0.717, 1.165) is 10.9 Å². The van der Waals surface area contributed by atoms with E-state index in [4.69, 9.17) is 17.3 Å². The van der Waals surface area contributed by atoms with Gasteiger partial charge < -0.3 is 5.73 Å². The van der Waals surface area contributed by atoms with Crippen LogP contribution in [0.5, 0.6) is 0 Å². The van der Waals surface area contributed by atoms with Crippen LogP contribution < -0.4 is 5.73 Å². The molecule has 118 valence electrons. The Bertz CT molecular complexity index is 447. The first kappa shape index (κ1) is 16.8. The van der Waals surface area contributed by atoms with Crippen molar-refractivity contribution in [2.45, 2.75) is 52.0 Å². The first-order chi connectivity index (χ1) is 10.2. The summed E-state index contributed by atoms with van der Waals surface area (Å²) in [6.45, 7) is 7.46. The van der Waals surface area contributed by atoms with Crippen LogP contribution in [0.3, 0.4) is 0 Å². The summed E-state index contributed by atoms with van der Waals surface area (Å²) in [5.74, 6) is 0.907. The lowest BCUT2D eigenvalue weighted by Crippen LogP contribution is -2.35. The van der Waals surface area contributed by atoms with E-state index < -0.39 is 0 Å². The first-order valence-electron chi connectivity index (χ1n) is 8.35. The molecule has 0 aromatic heterocycles. The van der Waals surface area contributed by atoms with Crippen LogP contribution in [0.25, 0.3) is 0 Å². The lowest BCUT2D eigenvalue weighted by Gasteiger charge is -2.31. The molecule has 1 aliphatic heterocycles. The minimum Gasteiger partial charge on any atom is -0.329 e. The molecule has 2 rings (SSSR count). The van der Waals surface area contributed by atoms with Gasteiger partial charge in [-0.1, -0.05) is 37.4 Å². The van der Waals surface area contributed by atoms with Gasteiger partial charge in [-0.3, -0.25) is 4.90 Å². The molecular formula is C18H29ClN2. The fourth-order valence-corrected chi connectivity index (χ4v) is 3.91. The fraction of sp³-hybridized carbons (Fsp3) is 0.667. The van der Waals surface area contributed by atoms with Gasteiger partial charge in [0.1, 0.15) is 0 Å². The molecule has 1 aliphatic rings. The van der Waals surface area contributed by atoms with Crippen molar-refractivity contribution in [1.29, 1.82) is 0 Å². The zero-order valence-corrected chi connectivity index (χ0v) is 14.2. The Labute approximate surface area is 134 Å². The highest BCUT2D eigenvalue weighted by Gasteiger charge is 2.24. The van der Waals surface area contributed by atoms with E-state index in [0.29, 0.717) is 12.6 Å². The molecule has 2 N–H and O–H groups in total. The van der Waals surface area contributed by atoms with Gasteiger partial charge in [0.15, 0.2) is 0 Å². The smallest absolute Gasteiger partial charge is 0.0473 e. The molecule has 2 unspecified atom stereocenters. The minimum absolute atomic E-state index is 0.336. The fourth-order valence-electron chi connectivity index (χ4n) is 3.68.